The fraction of sp³-hybridized carbons (Fsp3) is 0.273. The number of halogens is 1. The van der Waals surface area contributed by atoms with Crippen LogP contribution in [0.15, 0.2) is 71.5 Å². The fourth-order valence-electron chi connectivity index (χ4n) is 3.77. The molecule has 0 saturated carbocycles. The molecule has 0 aliphatic carbocycles. The molecule has 5 nitrogen and oxygen atoms in total. The highest BCUT2D eigenvalue weighted by atomic mass is 79.9. The van der Waals surface area contributed by atoms with Crippen LogP contribution in [0.4, 0.5) is 0 Å². The third-order valence-corrected chi connectivity index (χ3v) is 6.00. The van der Waals surface area contributed by atoms with Crippen LogP contribution in [0.5, 0.6) is 0 Å². The van der Waals surface area contributed by atoms with Crippen molar-refractivity contribution in [1.82, 2.24) is 24.7 Å². The number of hydrogen-bond acceptors (Lipinski definition) is 3. The molecule has 0 bridgehead atoms. The number of benzene rings is 1. The molecule has 1 N–H and O–H groups in total. The highest BCUT2D eigenvalue weighted by Crippen LogP contribution is 2.39. The molecule has 0 spiro atoms. The first-order chi connectivity index (χ1) is 14.0. The molecule has 1 aromatic carbocycles. The summed E-state index contributed by atoms with van der Waals surface area (Å²) in [4.78, 5) is 9.10. The second-order valence-corrected chi connectivity index (χ2v) is 8.71. The van der Waals surface area contributed by atoms with Gasteiger partial charge in [0.1, 0.15) is 0 Å². The number of rotatable bonds is 6. The Hall–Kier alpha value is -2.22. The SMILES string of the molecule is CN(C)CCN1C(=S)N[C@H](c2ccccn2)[C@@H]1c1cccn1-c1cccc(Br)c1. The van der Waals surface area contributed by atoms with Gasteiger partial charge in [-0.3, -0.25) is 4.98 Å². The Morgan fingerprint density at radius 1 is 1.14 bits per heavy atom. The highest BCUT2D eigenvalue weighted by Gasteiger charge is 2.41. The Labute approximate surface area is 185 Å². The standard InChI is InChI=1S/C22H24BrN5S/c1-26(2)13-14-28-21(20(25-22(28)29)18-9-3-4-11-24-18)19-10-6-12-27(19)17-8-5-7-16(23)15-17/h3-12,15,20-21H,13-14H2,1-2H3,(H,25,29)/t20-,21+/m1/s1. The molecule has 4 rings (SSSR count). The minimum absolute atomic E-state index is 0.00772. The molecule has 1 saturated heterocycles. The van der Waals surface area contributed by atoms with Crippen molar-refractivity contribution in [2.45, 2.75) is 12.1 Å². The van der Waals surface area contributed by atoms with Crippen LogP contribution < -0.4 is 5.32 Å². The van der Waals surface area contributed by atoms with E-state index in [-0.39, 0.29) is 12.1 Å². The van der Waals surface area contributed by atoms with Crippen molar-refractivity contribution in [1.29, 1.82) is 0 Å². The van der Waals surface area contributed by atoms with Gasteiger partial charge in [-0.1, -0.05) is 28.1 Å². The number of nitrogens with zero attached hydrogens (tertiary/aromatic N) is 4. The van der Waals surface area contributed by atoms with Crippen LogP contribution in [-0.2, 0) is 0 Å². The van der Waals surface area contributed by atoms with E-state index in [1.165, 1.54) is 5.69 Å². The lowest BCUT2D eigenvalue weighted by atomic mass is 10.0. The van der Waals surface area contributed by atoms with Gasteiger partial charge in [-0.05, 0) is 68.8 Å². The lowest BCUT2D eigenvalue weighted by Crippen LogP contribution is -2.36. The first kappa shape index (κ1) is 20.1. The van der Waals surface area contributed by atoms with Gasteiger partial charge in [0.15, 0.2) is 5.11 Å². The van der Waals surface area contributed by atoms with Crippen molar-refractivity contribution >= 4 is 33.3 Å². The van der Waals surface area contributed by atoms with Gasteiger partial charge in [0, 0.05) is 41.3 Å². The first-order valence-electron chi connectivity index (χ1n) is 9.60. The normalized spacial score (nSPS) is 19.0. The van der Waals surface area contributed by atoms with Gasteiger partial charge in [0.25, 0.3) is 0 Å². The highest BCUT2D eigenvalue weighted by molar-refractivity contribution is 9.10. The number of likely N-dealkylation sites (N-methyl/N-ethyl adjacent to an activating group) is 1. The average molecular weight is 470 g/mol. The summed E-state index contributed by atoms with van der Waals surface area (Å²) >= 11 is 9.35. The topological polar surface area (TPSA) is 36.3 Å². The van der Waals surface area contributed by atoms with Crippen LogP contribution in [0.2, 0.25) is 0 Å². The van der Waals surface area contributed by atoms with E-state index >= 15 is 0 Å². The van der Waals surface area contributed by atoms with Gasteiger partial charge < -0.3 is 19.7 Å². The summed E-state index contributed by atoms with van der Waals surface area (Å²) < 4.78 is 3.30. The molecule has 0 radical (unpaired) electrons. The number of hydrogen-bond donors (Lipinski definition) is 1. The summed E-state index contributed by atoms with van der Waals surface area (Å²) in [6.45, 7) is 1.77. The van der Waals surface area contributed by atoms with Crippen molar-refractivity contribution < 1.29 is 0 Å². The molecule has 1 aliphatic rings. The molecule has 3 heterocycles. The van der Waals surface area contributed by atoms with Gasteiger partial charge in [-0.15, -0.1) is 0 Å². The van der Waals surface area contributed by atoms with E-state index in [1.807, 2.05) is 24.4 Å². The predicted molar refractivity (Wildman–Crippen MR) is 124 cm³/mol. The van der Waals surface area contributed by atoms with Crippen molar-refractivity contribution in [2.24, 2.45) is 0 Å². The van der Waals surface area contributed by atoms with E-state index in [1.54, 1.807) is 0 Å². The summed E-state index contributed by atoms with van der Waals surface area (Å²) in [6, 6.07) is 18.7. The van der Waals surface area contributed by atoms with Gasteiger partial charge in [-0.2, -0.15) is 0 Å². The zero-order valence-electron chi connectivity index (χ0n) is 16.5. The molecule has 0 amide bonds. The van der Waals surface area contributed by atoms with Crippen LogP contribution in [0.25, 0.3) is 5.69 Å². The summed E-state index contributed by atoms with van der Waals surface area (Å²) in [7, 11) is 4.17. The fourth-order valence-corrected chi connectivity index (χ4v) is 4.49. The number of thiocarbonyl (C=S) groups is 1. The Balaban J connectivity index is 1.78. The van der Waals surface area contributed by atoms with Crippen LogP contribution in [-0.4, -0.2) is 51.6 Å². The Kier molecular flexibility index (Phi) is 5.99. The Morgan fingerprint density at radius 3 is 2.72 bits per heavy atom. The monoisotopic (exact) mass is 469 g/mol. The zero-order valence-corrected chi connectivity index (χ0v) is 18.9. The van der Waals surface area contributed by atoms with E-state index in [0.29, 0.717) is 0 Å². The molecule has 29 heavy (non-hydrogen) atoms. The molecule has 3 aromatic rings. The second-order valence-electron chi connectivity index (χ2n) is 7.41. The third kappa shape index (κ3) is 4.22. The molecule has 150 valence electrons. The minimum atomic E-state index is -0.00772. The Bertz CT molecular complexity index is 988. The van der Waals surface area contributed by atoms with E-state index in [9.17, 15) is 0 Å². The lowest BCUT2D eigenvalue weighted by Gasteiger charge is -2.29. The molecule has 2 atom stereocenters. The van der Waals surface area contributed by atoms with Crippen molar-refractivity contribution in [3.63, 3.8) is 0 Å². The van der Waals surface area contributed by atoms with E-state index < -0.39 is 0 Å². The van der Waals surface area contributed by atoms with E-state index in [0.717, 1.165) is 34.1 Å². The molecule has 1 aliphatic heterocycles. The van der Waals surface area contributed by atoms with Crippen LogP contribution in [0, 0.1) is 0 Å². The maximum atomic E-state index is 5.75. The van der Waals surface area contributed by atoms with Crippen molar-refractivity contribution in [3.8, 4) is 5.69 Å². The van der Waals surface area contributed by atoms with Crippen molar-refractivity contribution in [2.75, 3.05) is 27.2 Å². The molecular weight excluding hydrogens is 446 g/mol. The molecule has 1 fully saturated rings. The largest absolute Gasteiger partial charge is 0.352 e. The van der Waals surface area contributed by atoms with Crippen LogP contribution in [0.1, 0.15) is 23.5 Å². The first-order valence-corrected chi connectivity index (χ1v) is 10.8. The average Bonchev–Trinajstić information content (AvgIpc) is 3.31. The summed E-state index contributed by atoms with van der Waals surface area (Å²) in [5.41, 5.74) is 3.29. The number of pyridine rings is 1. The van der Waals surface area contributed by atoms with Crippen LogP contribution >= 0.6 is 28.1 Å². The van der Waals surface area contributed by atoms with Gasteiger partial charge in [0.05, 0.1) is 17.8 Å². The molecule has 2 aromatic heterocycles. The summed E-state index contributed by atoms with van der Waals surface area (Å²) in [5.74, 6) is 0. The second kappa shape index (κ2) is 8.65. The minimum Gasteiger partial charge on any atom is -0.352 e. The smallest absolute Gasteiger partial charge is 0.170 e. The number of nitrogens with one attached hydrogen (secondary N) is 1. The zero-order chi connectivity index (χ0) is 20.4. The molecular formula is C22H24BrN5S. The van der Waals surface area contributed by atoms with Gasteiger partial charge in [0.2, 0.25) is 0 Å². The van der Waals surface area contributed by atoms with E-state index in [4.69, 9.17) is 12.2 Å². The van der Waals surface area contributed by atoms with Gasteiger partial charge >= 0.3 is 0 Å². The lowest BCUT2D eigenvalue weighted by molar-refractivity contribution is 0.272. The van der Waals surface area contributed by atoms with E-state index in [2.05, 4.69) is 97.3 Å². The van der Waals surface area contributed by atoms with Crippen molar-refractivity contribution in [3.05, 3.63) is 82.9 Å². The Morgan fingerprint density at radius 2 is 2.00 bits per heavy atom. The molecule has 0 unspecified atom stereocenters. The summed E-state index contributed by atoms with van der Waals surface area (Å²) in [6.07, 6.45) is 3.95. The quantitative estimate of drug-likeness (QED) is 0.548. The maximum Gasteiger partial charge on any atom is 0.170 e. The molecule has 7 heteroatoms. The summed E-state index contributed by atoms with van der Waals surface area (Å²) in [5, 5.41) is 4.30. The van der Waals surface area contributed by atoms with Gasteiger partial charge in [-0.25, -0.2) is 0 Å². The van der Waals surface area contributed by atoms with Crippen LogP contribution in [0.3, 0.4) is 0 Å². The third-order valence-electron chi connectivity index (χ3n) is 5.16. The maximum absolute atomic E-state index is 5.75. The predicted octanol–water partition coefficient (Wildman–Crippen LogP) is 4.17. The number of aromatic nitrogens is 2.